The molecule has 0 aliphatic rings. The normalized spacial score (nSPS) is 13.0. The van der Waals surface area contributed by atoms with Gasteiger partial charge in [0, 0.05) is 23.0 Å². The number of rotatable bonds is 3. The van der Waals surface area contributed by atoms with Crippen molar-refractivity contribution in [2.75, 3.05) is 5.32 Å². The molecule has 26 heavy (non-hydrogen) atoms. The topological polar surface area (TPSA) is 50.7 Å². The van der Waals surface area contributed by atoms with Gasteiger partial charge in [0.1, 0.15) is 11.6 Å². The highest BCUT2D eigenvalue weighted by atomic mass is 35.5. The SMILES string of the molecule is C[C@@H](Nc1c(-c2ccc(Cl)cc2Cl)c(F)nc2nccnc12)C(F)(F)F. The first-order valence-electron chi connectivity index (χ1n) is 7.27. The molecule has 0 radical (unpaired) electrons. The Bertz CT molecular complexity index is 978. The van der Waals surface area contributed by atoms with Crippen molar-refractivity contribution in [2.24, 2.45) is 0 Å². The molecule has 0 spiro atoms. The number of alkyl halides is 3. The summed E-state index contributed by atoms with van der Waals surface area (Å²) < 4.78 is 53.9. The van der Waals surface area contributed by atoms with Gasteiger partial charge in [-0.15, -0.1) is 0 Å². The number of aromatic nitrogens is 3. The summed E-state index contributed by atoms with van der Waals surface area (Å²) in [4.78, 5) is 11.5. The maximum absolute atomic E-state index is 14.7. The van der Waals surface area contributed by atoms with E-state index in [-0.39, 0.29) is 33.0 Å². The lowest BCUT2D eigenvalue weighted by molar-refractivity contribution is -0.138. The number of pyridine rings is 1. The Hall–Kier alpha value is -2.19. The van der Waals surface area contributed by atoms with Gasteiger partial charge in [-0.2, -0.15) is 22.5 Å². The summed E-state index contributed by atoms with van der Waals surface area (Å²) in [6.45, 7) is 0.910. The Kier molecular flexibility index (Phi) is 4.90. The molecule has 0 aliphatic heterocycles. The quantitative estimate of drug-likeness (QED) is 0.462. The van der Waals surface area contributed by atoms with Gasteiger partial charge in [0.2, 0.25) is 5.95 Å². The molecule has 0 aliphatic carbocycles. The largest absolute Gasteiger partial charge is 0.408 e. The molecule has 2 aromatic heterocycles. The third-order valence-electron chi connectivity index (χ3n) is 3.63. The Morgan fingerprint density at radius 3 is 2.46 bits per heavy atom. The van der Waals surface area contributed by atoms with Crippen molar-refractivity contribution in [2.45, 2.75) is 19.1 Å². The van der Waals surface area contributed by atoms with E-state index in [1.54, 1.807) is 0 Å². The molecule has 136 valence electrons. The summed E-state index contributed by atoms with van der Waals surface area (Å²) in [5, 5.41) is 2.63. The van der Waals surface area contributed by atoms with Crippen molar-refractivity contribution >= 4 is 40.1 Å². The number of nitrogens with zero attached hydrogens (tertiary/aromatic N) is 3. The van der Waals surface area contributed by atoms with E-state index in [0.29, 0.717) is 5.02 Å². The van der Waals surface area contributed by atoms with Crippen LogP contribution in [-0.2, 0) is 0 Å². The molecule has 0 saturated heterocycles. The fourth-order valence-electron chi connectivity index (χ4n) is 2.34. The second kappa shape index (κ2) is 6.85. The van der Waals surface area contributed by atoms with E-state index in [1.807, 2.05) is 0 Å². The Balaban J connectivity index is 2.30. The lowest BCUT2D eigenvalue weighted by Gasteiger charge is -2.22. The maximum atomic E-state index is 14.7. The molecule has 0 saturated carbocycles. The monoisotopic (exact) mass is 404 g/mol. The number of halogens is 6. The number of benzene rings is 1. The molecule has 10 heteroatoms. The summed E-state index contributed by atoms with van der Waals surface area (Å²) in [5.74, 6) is -1.03. The molecular weight excluding hydrogens is 395 g/mol. The van der Waals surface area contributed by atoms with E-state index >= 15 is 0 Å². The summed E-state index contributed by atoms with van der Waals surface area (Å²) in [6.07, 6.45) is -2.02. The van der Waals surface area contributed by atoms with Crippen molar-refractivity contribution in [3.05, 3.63) is 46.6 Å². The lowest BCUT2D eigenvalue weighted by Crippen LogP contribution is -2.33. The zero-order valence-electron chi connectivity index (χ0n) is 13.1. The molecule has 3 aromatic rings. The number of hydrogen-bond donors (Lipinski definition) is 1. The maximum Gasteiger partial charge on any atom is 0.408 e. The van der Waals surface area contributed by atoms with Crippen LogP contribution in [0.15, 0.2) is 30.6 Å². The van der Waals surface area contributed by atoms with Gasteiger partial charge in [0.15, 0.2) is 5.65 Å². The van der Waals surface area contributed by atoms with E-state index in [1.165, 1.54) is 30.6 Å². The van der Waals surface area contributed by atoms with Crippen LogP contribution in [0.25, 0.3) is 22.3 Å². The van der Waals surface area contributed by atoms with Gasteiger partial charge < -0.3 is 5.32 Å². The first-order chi connectivity index (χ1) is 12.2. The highest BCUT2D eigenvalue weighted by molar-refractivity contribution is 6.36. The molecule has 1 atom stereocenters. The summed E-state index contributed by atoms with van der Waals surface area (Å²) in [5.41, 5.74) is -0.447. The van der Waals surface area contributed by atoms with Crippen LogP contribution in [0.2, 0.25) is 10.0 Å². The molecule has 2 heterocycles. The predicted octanol–water partition coefficient (Wildman–Crippen LogP) is 5.50. The molecule has 0 amide bonds. The minimum Gasteiger partial charge on any atom is -0.372 e. The van der Waals surface area contributed by atoms with Crippen LogP contribution in [0.3, 0.4) is 0 Å². The molecule has 0 fully saturated rings. The minimum atomic E-state index is -4.56. The second-order valence-corrected chi connectivity index (χ2v) is 6.26. The standard InChI is InChI=1S/C16H10Cl2F4N4/c1-7(16(20,21)22)25-12-11(9-3-2-8(17)6-10(9)18)14(19)26-15-13(12)23-4-5-24-15/h2-7H,1H3,(H,24,25,26)/t7-/m1/s1. The lowest BCUT2D eigenvalue weighted by atomic mass is 10.0. The van der Waals surface area contributed by atoms with Crippen LogP contribution in [0.1, 0.15) is 6.92 Å². The molecule has 4 nitrogen and oxygen atoms in total. The molecule has 3 rings (SSSR count). The first kappa shape index (κ1) is 18.6. The van der Waals surface area contributed by atoms with Crippen LogP contribution >= 0.6 is 23.2 Å². The van der Waals surface area contributed by atoms with Gasteiger partial charge in [-0.3, -0.25) is 0 Å². The van der Waals surface area contributed by atoms with Crippen molar-refractivity contribution in [1.82, 2.24) is 15.0 Å². The third kappa shape index (κ3) is 3.52. The summed E-state index contributed by atoms with van der Waals surface area (Å²) in [7, 11) is 0. The number of nitrogens with one attached hydrogen (secondary N) is 1. The van der Waals surface area contributed by atoms with Gasteiger partial charge in [0.25, 0.3) is 0 Å². The summed E-state index contributed by atoms with van der Waals surface area (Å²) >= 11 is 12.0. The van der Waals surface area contributed by atoms with Crippen molar-refractivity contribution in [1.29, 1.82) is 0 Å². The zero-order chi connectivity index (χ0) is 19.1. The van der Waals surface area contributed by atoms with Crippen LogP contribution in [0.4, 0.5) is 23.2 Å². The molecule has 1 aromatic carbocycles. The van der Waals surface area contributed by atoms with Crippen molar-refractivity contribution in [3.63, 3.8) is 0 Å². The van der Waals surface area contributed by atoms with Gasteiger partial charge in [-0.1, -0.05) is 29.3 Å². The average molecular weight is 405 g/mol. The molecule has 1 N–H and O–H groups in total. The van der Waals surface area contributed by atoms with Gasteiger partial charge in [-0.25, -0.2) is 9.97 Å². The molecular formula is C16H10Cl2F4N4. The number of hydrogen-bond acceptors (Lipinski definition) is 4. The Morgan fingerprint density at radius 2 is 1.81 bits per heavy atom. The fraction of sp³-hybridized carbons (Fsp3) is 0.188. The first-order valence-corrected chi connectivity index (χ1v) is 8.03. The van der Waals surface area contributed by atoms with Crippen LogP contribution in [0.5, 0.6) is 0 Å². The number of fused-ring (bicyclic) bond motifs is 1. The van der Waals surface area contributed by atoms with Gasteiger partial charge in [0.05, 0.1) is 16.3 Å². The Morgan fingerprint density at radius 1 is 1.12 bits per heavy atom. The van der Waals surface area contributed by atoms with Gasteiger partial charge >= 0.3 is 6.18 Å². The van der Waals surface area contributed by atoms with E-state index < -0.39 is 18.2 Å². The zero-order valence-corrected chi connectivity index (χ0v) is 14.6. The third-order valence-corrected chi connectivity index (χ3v) is 4.18. The minimum absolute atomic E-state index is 0.00832. The van der Waals surface area contributed by atoms with E-state index in [4.69, 9.17) is 23.2 Å². The van der Waals surface area contributed by atoms with E-state index in [9.17, 15) is 17.6 Å². The van der Waals surface area contributed by atoms with Crippen LogP contribution in [0, 0.1) is 5.95 Å². The second-order valence-electron chi connectivity index (χ2n) is 5.41. The van der Waals surface area contributed by atoms with Crippen LogP contribution in [-0.4, -0.2) is 27.2 Å². The Labute approximate surface area is 155 Å². The highest BCUT2D eigenvalue weighted by Crippen LogP contribution is 2.40. The van der Waals surface area contributed by atoms with Crippen molar-refractivity contribution < 1.29 is 17.6 Å². The average Bonchev–Trinajstić information content (AvgIpc) is 2.55. The number of anilines is 1. The smallest absolute Gasteiger partial charge is 0.372 e. The molecule has 0 unspecified atom stereocenters. The van der Waals surface area contributed by atoms with E-state index in [2.05, 4.69) is 20.3 Å². The predicted molar refractivity (Wildman–Crippen MR) is 91.9 cm³/mol. The van der Waals surface area contributed by atoms with Gasteiger partial charge in [-0.05, 0) is 19.1 Å². The summed E-state index contributed by atoms with van der Waals surface area (Å²) in [6, 6.07) is 2.23. The highest BCUT2D eigenvalue weighted by Gasteiger charge is 2.37. The van der Waals surface area contributed by atoms with Crippen LogP contribution < -0.4 is 5.32 Å². The molecule has 0 bridgehead atoms. The van der Waals surface area contributed by atoms with Crippen molar-refractivity contribution in [3.8, 4) is 11.1 Å². The van der Waals surface area contributed by atoms with E-state index in [0.717, 1.165) is 6.92 Å². The fourth-order valence-corrected chi connectivity index (χ4v) is 2.84.